The Hall–Kier alpha value is 0.1000. The fourth-order valence-electron chi connectivity index (χ4n) is 2.08. The van der Waals surface area contributed by atoms with Crippen LogP contribution in [0.5, 0.6) is 0 Å². The minimum atomic E-state index is 0.0588. The number of thiophene rings is 1. The molecule has 0 aromatic carbocycles. The molecule has 17 heavy (non-hydrogen) atoms. The molecule has 4 heteroatoms. The zero-order valence-electron chi connectivity index (χ0n) is 10.9. The molecule has 0 amide bonds. The first-order valence-electron chi connectivity index (χ1n) is 6.07. The van der Waals surface area contributed by atoms with E-state index in [-0.39, 0.29) is 12.0 Å². The summed E-state index contributed by atoms with van der Waals surface area (Å²) in [4.78, 5) is 3.67. The summed E-state index contributed by atoms with van der Waals surface area (Å²) in [6.07, 6.45) is 2.05. The lowest BCUT2D eigenvalue weighted by Crippen LogP contribution is -2.37. The van der Waals surface area contributed by atoms with Crippen molar-refractivity contribution in [3.05, 3.63) is 20.8 Å². The largest absolute Gasteiger partial charge is 0.396 e. The standard InChI is InChI=1S/C13H22BrNOS/c1-4-13(5-2,10-16)9-15(3)7-12-6-11(14)8-17-12/h6,8,16H,4-5,7,9-10H2,1-3H3. The molecule has 0 spiro atoms. The van der Waals surface area contributed by atoms with Crippen molar-refractivity contribution in [2.75, 3.05) is 20.2 Å². The molecule has 0 aliphatic heterocycles. The Balaban J connectivity index is 2.56. The van der Waals surface area contributed by atoms with Gasteiger partial charge in [-0.1, -0.05) is 13.8 Å². The number of aliphatic hydroxyl groups excluding tert-OH is 1. The van der Waals surface area contributed by atoms with Gasteiger partial charge in [0, 0.05) is 39.8 Å². The molecular formula is C13H22BrNOS. The average Bonchev–Trinajstić information content (AvgIpc) is 2.72. The fourth-order valence-corrected chi connectivity index (χ4v) is 3.61. The molecule has 0 bridgehead atoms. The van der Waals surface area contributed by atoms with Gasteiger partial charge in [0.15, 0.2) is 0 Å². The average molecular weight is 320 g/mol. The fraction of sp³-hybridized carbons (Fsp3) is 0.692. The molecule has 0 radical (unpaired) electrons. The van der Waals surface area contributed by atoms with E-state index in [1.54, 1.807) is 11.3 Å². The summed E-state index contributed by atoms with van der Waals surface area (Å²) < 4.78 is 1.16. The van der Waals surface area contributed by atoms with Crippen LogP contribution in [0.3, 0.4) is 0 Å². The third-order valence-corrected chi connectivity index (χ3v) is 5.17. The van der Waals surface area contributed by atoms with Gasteiger partial charge in [0.25, 0.3) is 0 Å². The summed E-state index contributed by atoms with van der Waals surface area (Å²) in [5.41, 5.74) is 0.0588. The van der Waals surface area contributed by atoms with E-state index in [2.05, 4.69) is 53.2 Å². The van der Waals surface area contributed by atoms with Crippen LogP contribution in [0.1, 0.15) is 31.6 Å². The molecule has 0 saturated heterocycles. The molecule has 0 aliphatic carbocycles. The highest BCUT2D eigenvalue weighted by Gasteiger charge is 2.26. The molecule has 2 nitrogen and oxygen atoms in total. The molecule has 0 saturated carbocycles. The maximum atomic E-state index is 9.56. The topological polar surface area (TPSA) is 23.5 Å². The number of nitrogens with zero attached hydrogens (tertiary/aromatic N) is 1. The molecule has 1 N–H and O–H groups in total. The molecule has 0 unspecified atom stereocenters. The summed E-state index contributed by atoms with van der Waals surface area (Å²) in [5.74, 6) is 0. The lowest BCUT2D eigenvalue weighted by Gasteiger charge is -2.33. The Morgan fingerprint density at radius 1 is 1.41 bits per heavy atom. The molecule has 0 fully saturated rings. The van der Waals surface area contributed by atoms with Crippen LogP contribution in [0.2, 0.25) is 0 Å². The molecule has 0 atom stereocenters. The summed E-state index contributed by atoms with van der Waals surface area (Å²) in [5, 5.41) is 11.7. The second-order valence-electron chi connectivity index (χ2n) is 4.77. The van der Waals surface area contributed by atoms with Crippen LogP contribution in [-0.4, -0.2) is 30.2 Å². The number of rotatable bonds is 7. The van der Waals surface area contributed by atoms with E-state index in [9.17, 15) is 5.11 Å². The van der Waals surface area contributed by atoms with Crippen LogP contribution in [0.15, 0.2) is 15.9 Å². The van der Waals surface area contributed by atoms with Crippen molar-refractivity contribution in [1.82, 2.24) is 4.90 Å². The molecule has 1 rings (SSSR count). The molecule has 1 heterocycles. The zero-order valence-corrected chi connectivity index (χ0v) is 13.3. The van der Waals surface area contributed by atoms with Gasteiger partial charge in [-0.2, -0.15) is 0 Å². The van der Waals surface area contributed by atoms with Crippen LogP contribution >= 0.6 is 27.3 Å². The summed E-state index contributed by atoms with van der Waals surface area (Å²) in [7, 11) is 2.13. The van der Waals surface area contributed by atoms with E-state index in [0.717, 1.165) is 30.4 Å². The van der Waals surface area contributed by atoms with E-state index >= 15 is 0 Å². The van der Waals surface area contributed by atoms with Gasteiger partial charge in [0.2, 0.25) is 0 Å². The van der Waals surface area contributed by atoms with E-state index in [1.807, 2.05) is 0 Å². The first-order valence-corrected chi connectivity index (χ1v) is 7.75. The van der Waals surface area contributed by atoms with Crippen molar-refractivity contribution in [2.45, 2.75) is 33.2 Å². The molecular weight excluding hydrogens is 298 g/mol. The SMILES string of the molecule is CCC(CC)(CO)CN(C)Cc1cc(Br)cs1. The Labute approximate surface area is 117 Å². The highest BCUT2D eigenvalue weighted by atomic mass is 79.9. The Bertz CT molecular complexity index is 328. The van der Waals surface area contributed by atoms with Crippen molar-refractivity contribution < 1.29 is 5.11 Å². The molecule has 1 aromatic heterocycles. The first-order chi connectivity index (χ1) is 8.05. The van der Waals surface area contributed by atoms with Crippen molar-refractivity contribution in [2.24, 2.45) is 5.41 Å². The number of hydrogen-bond acceptors (Lipinski definition) is 3. The zero-order chi connectivity index (χ0) is 12.9. The first kappa shape index (κ1) is 15.2. The van der Waals surface area contributed by atoms with Gasteiger partial charge in [0.05, 0.1) is 0 Å². The Morgan fingerprint density at radius 2 is 2.06 bits per heavy atom. The Morgan fingerprint density at radius 3 is 2.47 bits per heavy atom. The van der Waals surface area contributed by atoms with Crippen LogP contribution in [-0.2, 0) is 6.54 Å². The summed E-state index contributed by atoms with van der Waals surface area (Å²) >= 11 is 5.25. The minimum Gasteiger partial charge on any atom is -0.396 e. The smallest absolute Gasteiger partial charge is 0.0499 e. The van der Waals surface area contributed by atoms with Gasteiger partial charge in [0.1, 0.15) is 0 Å². The van der Waals surface area contributed by atoms with Crippen LogP contribution in [0, 0.1) is 5.41 Å². The molecule has 1 aromatic rings. The number of aliphatic hydroxyl groups is 1. The number of halogens is 1. The monoisotopic (exact) mass is 319 g/mol. The van der Waals surface area contributed by atoms with E-state index in [1.165, 1.54) is 4.88 Å². The highest BCUT2D eigenvalue weighted by Crippen LogP contribution is 2.28. The molecule has 0 aliphatic rings. The van der Waals surface area contributed by atoms with Crippen molar-refractivity contribution in [1.29, 1.82) is 0 Å². The van der Waals surface area contributed by atoms with Crippen LogP contribution < -0.4 is 0 Å². The molecule has 98 valence electrons. The van der Waals surface area contributed by atoms with Gasteiger partial charge < -0.3 is 10.0 Å². The quantitative estimate of drug-likeness (QED) is 0.827. The van der Waals surface area contributed by atoms with Crippen molar-refractivity contribution >= 4 is 27.3 Å². The van der Waals surface area contributed by atoms with Crippen molar-refractivity contribution in [3.8, 4) is 0 Å². The maximum Gasteiger partial charge on any atom is 0.0499 e. The lowest BCUT2D eigenvalue weighted by atomic mass is 9.83. The predicted molar refractivity (Wildman–Crippen MR) is 78.5 cm³/mol. The van der Waals surface area contributed by atoms with E-state index in [4.69, 9.17) is 0 Å². The van der Waals surface area contributed by atoms with Gasteiger partial charge in [-0.3, -0.25) is 0 Å². The maximum absolute atomic E-state index is 9.56. The highest BCUT2D eigenvalue weighted by molar-refractivity contribution is 9.10. The van der Waals surface area contributed by atoms with Gasteiger partial charge >= 0.3 is 0 Å². The second kappa shape index (κ2) is 6.88. The lowest BCUT2D eigenvalue weighted by molar-refractivity contribution is 0.0734. The third kappa shape index (κ3) is 4.36. The third-order valence-electron chi connectivity index (χ3n) is 3.49. The van der Waals surface area contributed by atoms with Gasteiger partial charge in [-0.15, -0.1) is 11.3 Å². The normalized spacial score (nSPS) is 12.4. The van der Waals surface area contributed by atoms with Gasteiger partial charge in [-0.25, -0.2) is 0 Å². The van der Waals surface area contributed by atoms with Crippen molar-refractivity contribution in [3.63, 3.8) is 0 Å². The van der Waals surface area contributed by atoms with Crippen LogP contribution in [0.4, 0.5) is 0 Å². The Kier molecular flexibility index (Phi) is 6.13. The minimum absolute atomic E-state index is 0.0588. The van der Waals surface area contributed by atoms with Crippen LogP contribution in [0.25, 0.3) is 0 Å². The summed E-state index contributed by atoms with van der Waals surface area (Å²) in [6, 6.07) is 2.17. The van der Waals surface area contributed by atoms with E-state index in [0.29, 0.717) is 0 Å². The van der Waals surface area contributed by atoms with Gasteiger partial charge in [-0.05, 0) is 41.9 Å². The predicted octanol–water partition coefficient (Wildman–Crippen LogP) is 3.74. The summed E-state index contributed by atoms with van der Waals surface area (Å²) in [6.45, 7) is 6.51. The number of hydrogen-bond donors (Lipinski definition) is 1. The van der Waals surface area contributed by atoms with E-state index < -0.39 is 0 Å². The second-order valence-corrected chi connectivity index (χ2v) is 6.68.